The van der Waals surface area contributed by atoms with Crippen LogP contribution < -0.4 is 5.32 Å². The van der Waals surface area contributed by atoms with Crippen molar-refractivity contribution in [1.82, 2.24) is 5.32 Å². The van der Waals surface area contributed by atoms with E-state index < -0.39 is 0 Å². The van der Waals surface area contributed by atoms with Crippen molar-refractivity contribution in [3.8, 4) is 0 Å². The predicted octanol–water partition coefficient (Wildman–Crippen LogP) is 0.954. The average molecular weight is 215 g/mol. The Bertz CT molecular complexity index is 190. The normalized spacial score (nSPS) is 22.7. The number of esters is 1. The molecule has 1 rings (SSSR count). The van der Waals surface area contributed by atoms with E-state index >= 15 is 0 Å². The van der Waals surface area contributed by atoms with Gasteiger partial charge in [-0.2, -0.15) is 0 Å². The van der Waals surface area contributed by atoms with E-state index in [0.29, 0.717) is 18.9 Å². The van der Waals surface area contributed by atoms with Gasteiger partial charge in [0.25, 0.3) is 0 Å². The molecule has 0 amide bonds. The zero-order valence-electron chi connectivity index (χ0n) is 9.62. The Hall–Kier alpha value is -0.610. The van der Waals surface area contributed by atoms with Crippen LogP contribution in [0.25, 0.3) is 0 Å². The maximum atomic E-state index is 11.4. The molecule has 1 saturated heterocycles. The molecule has 0 aromatic heterocycles. The third-order valence-electron chi connectivity index (χ3n) is 2.65. The molecule has 1 aliphatic heterocycles. The van der Waals surface area contributed by atoms with E-state index in [4.69, 9.17) is 9.47 Å². The number of rotatable bonds is 6. The van der Waals surface area contributed by atoms with E-state index in [2.05, 4.69) is 5.32 Å². The lowest BCUT2D eigenvalue weighted by Gasteiger charge is -2.13. The van der Waals surface area contributed by atoms with Gasteiger partial charge in [-0.3, -0.25) is 4.79 Å². The largest absolute Gasteiger partial charge is 0.460 e. The summed E-state index contributed by atoms with van der Waals surface area (Å²) in [6.07, 6.45) is 2.51. The Morgan fingerprint density at radius 2 is 2.40 bits per heavy atom. The molecule has 0 spiro atoms. The Labute approximate surface area is 91.3 Å². The molecule has 1 aliphatic rings. The molecule has 4 nitrogen and oxygen atoms in total. The van der Waals surface area contributed by atoms with E-state index in [1.807, 2.05) is 6.92 Å². The molecule has 0 aromatic carbocycles. The SMILES string of the molecule is COCC(C)OC(=O)CCC1CCNC1. The van der Waals surface area contributed by atoms with Gasteiger partial charge in [-0.15, -0.1) is 0 Å². The van der Waals surface area contributed by atoms with Crippen LogP contribution in [-0.4, -0.2) is 38.9 Å². The molecule has 1 fully saturated rings. The molecule has 1 heterocycles. The van der Waals surface area contributed by atoms with Gasteiger partial charge in [0.1, 0.15) is 6.10 Å². The summed E-state index contributed by atoms with van der Waals surface area (Å²) >= 11 is 0. The van der Waals surface area contributed by atoms with Crippen molar-refractivity contribution in [3.05, 3.63) is 0 Å². The van der Waals surface area contributed by atoms with Gasteiger partial charge in [-0.1, -0.05) is 0 Å². The van der Waals surface area contributed by atoms with Gasteiger partial charge in [0.15, 0.2) is 0 Å². The number of carbonyl (C=O) groups is 1. The van der Waals surface area contributed by atoms with Gasteiger partial charge in [-0.25, -0.2) is 0 Å². The van der Waals surface area contributed by atoms with Gasteiger partial charge in [0, 0.05) is 13.5 Å². The third-order valence-corrected chi connectivity index (χ3v) is 2.65. The molecule has 15 heavy (non-hydrogen) atoms. The molecule has 88 valence electrons. The fourth-order valence-electron chi connectivity index (χ4n) is 1.83. The molecule has 1 N–H and O–H groups in total. The second kappa shape index (κ2) is 6.80. The number of hydrogen-bond acceptors (Lipinski definition) is 4. The topological polar surface area (TPSA) is 47.6 Å². The van der Waals surface area contributed by atoms with Crippen molar-refractivity contribution in [2.45, 2.75) is 32.3 Å². The Morgan fingerprint density at radius 3 is 3.00 bits per heavy atom. The summed E-state index contributed by atoms with van der Waals surface area (Å²) in [6, 6.07) is 0. The predicted molar refractivity (Wildman–Crippen MR) is 57.6 cm³/mol. The molecule has 2 atom stereocenters. The summed E-state index contributed by atoms with van der Waals surface area (Å²) in [5, 5.41) is 3.29. The van der Waals surface area contributed by atoms with Crippen molar-refractivity contribution in [3.63, 3.8) is 0 Å². The molecule has 0 bridgehead atoms. The van der Waals surface area contributed by atoms with Crippen LogP contribution in [0.4, 0.5) is 0 Å². The lowest BCUT2D eigenvalue weighted by Crippen LogP contribution is -2.20. The summed E-state index contributed by atoms with van der Waals surface area (Å²) in [5.74, 6) is 0.543. The number of hydrogen-bond donors (Lipinski definition) is 1. The molecular formula is C11H21NO3. The van der Waals surface area contributed by atoms with Gasteiger partial charge < -0.3 is 14.8 Å². The van der Waals surface area contributed by atoms with Crippen LogP contribution in [0.15, 0.2) is 0 Å². The van der Waals surface area contributed by atoms with Crippen LogP contribution in [0.5, 0.6) is 0 Å². The minimum Gasteiger partial charge on any atom is -0.460 e. The quantitative estimate of drug-likeness (QED) is 0.670. The first-order chi connectivity index (χ1) is 7.22. The van der Waals surface area contributed by atoms with E-state index in [1.54, 1.807) is 7.11 Å². The maximum Gasteiger partial charge on any atom is 0.306 e. The van der Waals surface area contributed by atoms with Crippen molar-refractivity contribution in [2.75, 3.05) is 26.8 Å². The van der Waals surface area contributed by atoms with Crippen molar-refractivity contribution in [2.24, 2.45) is 5.92 Å². The van der Waals surface area contributed by atoms with E-state index in [1.165, 1.54) is 6.42 Å². The smallest absolute Gasteiger partial charge is 0.306 e. The Balaban J connectivity index is 2.07. The number of carbonyl (C=O) groups excluding carboxylic acids is 1. The van der Waals surface area contributed by atoms with Gasteiger partial charge in [0.2, 0.25) is 0 Å². The Kier molecular flexibility index (Phi) is 5.65. The molecule has 0 aromatic rings. The molecule has 2 unspecified atom stereocenters. The monoisotopic (exact) mass is 215 g/mol. The molecular weight excluding hydrogens is 194 g/mol. The lowest BCUT2D eigenvalue weighted by atomic mass is 10.0. The summed E-state index contributed by atoms with van der Waals surface area (Å²) in [5.41, 5.74) is 0. The number of nitrogens with one attached hydrogen (secondary N) is 1. The molecule has 4 heteroatoms. The minimum absolute atomic E-state index is 0.105. The fraction of sp³-hybridized carbons (Fsp3) is 0.909. The zero-order valence-corrected chi connectivity index (χ0v) is 9.62. The summed E-state index contributed by atoms with van der Waals surface area (Å²) in [7, 11) is 1.61. The van der Waals surface area contributed by atoms with E-state index in [0.717, 1.165) is 19.5 Å². The van der Waals surface area contributed by atoms with Crippen LogP contribution >= 0.6 is 0 Å². The number of ether oxygens (including phenoxy) is 2. The molecule has 0 saturated carbocycles. The highest BCUT2D eigenvalue weighted by atomic mass is 16.6. The van der Waals surface area contributed by atoms with Crippen LogP contribution in [0.2, 0.25) is 0 Å². The summed E-state index contributed by atoms with van der Waals surface area (Å²) in [6.45, 7) is 4.44. The second-order valence-electron chi connectivity index (χ2n) is 4.15. The average Bonchev–Trinajstić information content (AvgIpc) is 2.67. The summed E-state index contributed by atoms with van der Waals surface area (Å²) in [4.78, 5) is 11.4. The lowest BCUT2D eigenvalue weighted by molar-refractivity contribution is -0.150. The second-order valence-corrected chi connectivity index (χ2v) is 4.15. The zero-order chi connectivity index (χ0) is 11.1. The highest BCUT2D eigenvalue weighted by Gasteiger charge is 2.17. The van der Waals surface area contributed by atoms with Gasteiger partial charge >= 0.3 is 5.97 Å². The fourth-order valence-corrected chi connectivity index (χ4v) is 1.83. The minimum atomic E-state index is -0.135. The van der Waals surface area contributed by atoms with Crippen LogP contribution in [0.3, 0.4) is 0 Å². The summed E-state index contributed by atoms with van der Waals surface area (Å²) < 4.78 is 10.1. The van der Waals surface area contributed by atoms with Crippen LogP contribution in [0.1, 0.15) is 26.2 Å². The first kappa shape index (κ1) is 12.5. The van der Waals surface area contributed by atoms with Gasteiger partial charge in [-0.05, 0) is 38.8 Å². The van der Waals surface area contributed by atoms with E-state index in [-0.39, 0.29) is 12.1 Å². The Morgan fingerprint density at radius 1 is 1.60 bits per heavy atom. The molecule has 0 aliphatic carbocycles. The van der Waals surface area contributed by atoms with Crippen molar-refractivity contribution >= 4 is 5.97 Å². The molecule has 0 radical (unpaired) electrons. The van der Waals surface area contributed by atoms with Gasteiger partial charge in [0.05, 0.1) is 6.61 Å². The van der Waals surface area contributed by atoms with Crippen molar-refractivity contribution in [1.29, 1.82) is 0 Å². The van der Waals surface area contributed by atoms with Crippen LogP contribution in [-0.2, 0) is 14.3 Å². The first-order valence-electron chi connectivity index (χ1n) is 5.61. The standard InChI is InChI=1S/C11H21NO3/c1-9(8-14-2)15-11(13)4-3-10-5-6-12-7-10/h9-10,12H,3-8H2,1-2H3. The third kappa shape index (κ3) is 5.14. The number of methoxy groups -OCH3 is 1. The maximum absolute atomic E-state index is 11.4. The highest BCUT2D eigenvalue weighted by Crippen LogP contribution is 2.14. The highest BCUT2D eigenvalue weighted by molar-refractivity contribution is 5.69. The van der Waals surface area contributed by atoms with Crippen LogP contribution in [0, 0.1) is 5.92 Å². The van der Waals surface area contributed by atoms with E-state index in [9.17, 15) is 4.79 Å². The first-order valence-corrected chi connectivity index (χ1v) is 5.61. The van der Waals surface area contributed by atoms with Crippen molar-refractivity contribution < 1.29 is 14.3 Å².